The molecule has 2 N–H and O–H groups in total. The molecule has 0 saturated carbocycles. The first-order chi connectivity index (χ1) is 7.35. The fourth-order valence-electron chi connectivity index (χ4n) is 0.817. The van der Waals surface area contributed by atoms with Crippen LogP contribution in [0.15, 0.2) is 0 Å². The molecule has 0 radical (unpaired) electrons. The lowest BCUT2D eigenvalue weighted by atomic mass is 10.1. The van der Waals surface area contributed by atoms with E-state index in [9.17, 15) is 9.59 Å². The Kier molecular flexibility index (Phi) is 6.01. The molecule has 0 aliphatic heterocycles. The molecule has 0 unspecified atom stereocenters. The van der Waals surface area contributed by atoms with Crippen LogP contribution in [-0.2, 0) is 9.53 Å². The van der Waals surface area contributed by atoms with Crippen molar-refractivity contribution < 1.29 is 14.3 Å². The average Bonchev–Trinajstić information content (AvgIpc) is 2.11. The Hall–Kier alpha value is -1.70. The monoisotopic (exact) mass is 226 g/mol. The predicted octanol–water partition coefficient (Wildman–Crippen LogP) is 0.651. The molecule has 0 aliphatic carbocycles. The third kappa shape index (κ3) is 8.88. The number of rotatable bonds is 4. The van der Waals surface area contributed by atoms with Gasteiger partial charge in [0.2, 0.25) is 5.91 Å². The normalized spacial score (nSPS) is 10.1. The van der Waals surface area contributed by atoms with Crippen molar-refractivity contribution in [3.63, 3.8) is 0 Å². The highest BCUT2D eigenvalue weighted by Crippen LogP contribution is 1.99. The standard InChI is InChI=1S/C11H18N2O3/c1-5-7-12-9(14)6-8-16-10(15)13-11(2,3)4/h1H,6-8H2,2-4H3,(H,12,14)(H,13,15). The third-order valence-corrected chi connectivity index (χ3v) is 1.43. The van der Waals surface area contributed by atoms with Crippen LogP contribution in [0.4, 0.5) is 4.79 Å². The van der Waals surface area contributed by atoms with E-state index in [1.807, 2.05) is 20.8 Å². The van der Waals surface area contributed by atoms with Crippen LogP contribution in [0.2, 0.25) is 0 Å². The van der Waals surface area contributed by atoms with Gasteiger partial charge in [-0.2, -0.15) is 0 Å². The fraction of sp³-hybridized carbons (Fsp3) is 0.636. The second kappa shape index (κ2) is 6.72. The summed E-state index contributed by atoms with van der Waals surface area (Å²) in [7, 11) is 0. The van der Waals surface area contributed by atoms with E-state index in [1.165, 1.54) is 0 Å². The number of hydrogen-bond donors (Lipinski definition) is 2. The molecule has 5 nitrogen and oxygen atoms in total. The molecule has 0 heterocycles. The van der Waals surface area contributed by atoms with E-state index in [-0.39, 0.29) is 31.0 Å². The summed E-state index contributed by atoms with van der Waals surface area (Å²) in [4.78, 5) is 22.2. The van der Waals surface area contributed by atoms with Crippen LogP contribution in [0, 0.1) is 12.3 Å². The number of terminal acetylenes is 1. The molecule has 0 spiro atoms. The Morgan fingerprint density at radius 2 is 2.00 bits per heavy atom. The van der Waals surface area contributed by atoms with Gasteiger partial charge < -0.3 is 15.4 Å². The maximum atomic E-state index is 11.2. The minimum absolute atomic E-state index is 0.0400. The maximum absolute atomic E-state index is 11.2. The van der Waals surface area contributed by atoms with Gasteiger partial charge in [0.25, 0.3) is 0 Å². The van der Waals surface area contributed by atoms with Gasteiger partial charge in [0.1, 0.15) is 6.61 Å². The molecule has 0 rings (SSSR count). The lowest BCUT2D eigenvalue weighted by Crippen LogP contribution is -2.41. The van der Waals surface area contributed by atoms with E-state index >= 15 is 0 Å². The molecule has 0 aliphatic rings. The number of amides is 2. The molecular formula is C11H18N2O3. The van der Waals surface area contributed by atoms with Crippen LogP contribution in [0.3, 0.4) is 0 Å². The zero-order valence-corrected chi connectivity index (χ0v) is 9.92. The zero-order chi connectivity index (χ0) is 12.6. The number of carbonyl (C=O) groups excluding carboxylic acids is 2. The Labute approximate surface area is 95.9 Å². The summed E-state index contributed by atoms with van der Waals surface area (Å²) in [6.45, 7) is 5.75. The summed E-state index contributed by atoms with van der Waals surface area (Å²) in [6, 6.07) is 0. The van der Waals surface area contributed by atoms with Crippen LogP contribution in [0.25, 0.3) is 0 Å². The Morgan fingerprint density at radius 3 is 2.50 bits per heavy atom. The molecule has 5 heteroatoms. The summed E-state index contributed by atoms with van der Waals surface area (Å²) in [5.41, 5.74) is -0.344. The molecule has 90 valence electrons. The first-order valence-electron chi connectivity index (χ1n) is 5.00. The van der Waals surface area contributed by atoms with Gasteiger partial charge in [-0.3, -0.25) is 4.79 Å². The number of hydrogen-bond acceptors (Lipinski definition) is 3. The van der Waals surface area contributed by atoms with Crippen LogP contribution in [0.1, 0.15) is 27.2 Å². The van der Waals surface area contributed by atoms with Crippen molar-refractivity contribution in [2.45, 2.75) is 32.7 Å². The minimum Gasteiger partial charge on any atom is -0.449 e. The number of alkyl carbamates (subject to hydrolysis) is 1. The molecule has 0 bridgehead atoms. The predicted molar refractivity (Wildman–Crippen MR) is 60.7 cm³/mol. The van der Waals surface area contributed by atoms with Crippen molar-refractivity contribution in [1.29, 1.82) is 0 Å². The van der Waals surface area contributed by atoms with Gasteiger partial charge in [-0.15, -0.1) is 6.42 Å². The summed E-state index contributed by atoms with van der Waals surface area (Å²) in [5.74, 6) is 2.04. The third-order valence-electron chi connectivity index (χ3n) is 1.43. The van der Waals surface area contributed by atoms with E-state index in [1.54, 1.807) is 0 Å². The van der Waals surface area contributed by atoms with E-state index in [2.05, 4.69) is 16.6 Å². The molecule has 0 aromatic heterocycles. The van der Waals surface area contributed by atoms with Gasteiger partial charge >= 0.3 is 6.09 Å². The zero-order valence-electron chi connectivity index (χ0n) is 9.92. The van der Waals surface area contributed by atoms with E-state index in [4.69, 9.17) is 11.2 Å². The minimum atomic E-state index is -0.530. The van der Waals surface area contributed by atoms with E-state index in [0.29, 0.717) is 0 Å². The Balaban J connectivity index is 3.63. The summed E-state index contributed by atoms with van der Waals surface area (Å²) in [5, 5.41) is 5.08. The highest BCUT2D eigenvalue weighted by atomic mass is 16.5. The molecule has 0 saturated heterocycles. The number of ether oxygens (including phenoxy) is 1. The van der Waals surface area contributed by atoms with Crippen molar-refractivity contribution >= 4 is 12.0 Å². The average molecular weight is 226 g/mol. The van der Waals surface area contributed by atoms with Crippen molar-refractivity contribution in [2.24, 2.45) is 0 Å². The molecule has 2 amide bonds. The smallest absolute Gasteiger partial charge is 0.407 e. The fourth-order valence-corrected chi connectivity index (χ4v) is 0.817. The van der Waals surface area contributed by atoms with Crippen LogP contribution >= 0.6 is 0 Å². The summed E-state index contributed by atoms with van der Waals surface area (Å²) >= 11 is 0. The topological polar surface area (TPSA) is 67.4 Å². The van der Waals surface area contributed by atoms with Crippen molar-refractivity contribution in [2.75, 3.05) is 13.2 Å². The quantitative estimate of drug-likeness (QED) is 0.692. The molecule has 0 atom stereocenters. The maximum Gasteiger partial charge on any atom is 0.407 e. The van der Waals surface area contributed by atoms with Crippen LogP contribution < -0.4 is 10.6 Å². The SMILES string of the molecule is C#CCNC(=O)CCOC(=O)NC(C)(C)C. The van der Waals surface area contributed by atoms with Crippen molar-refractivity contribution in [3.05, 3.63) is 0 Å². The second-order valence-corrected chi connectivity index (χ2v) is 4.24. The van der Waals surface area contributed by atoms with Crippen LogP contribution in [0.5, 0.6) is 0 Å². The van der Waals surface area contributed by atoms with Gasteiger partial charge in [-0.05, 0) is 20.8 Å². The van der Waals surface area contributed by atoms with Gasteiger partial charge in [0.05, 0.1) is 13.0 Å². The largest absolute Gasteiger partial charge is 0.449 e. The summed E-state index contributed by atoms with van der Waals surface area (Å²) in [6.07, 6.45) is 4.54. The van der Waals surface area contributed by atoms with Gasteiger partial charge in [0, 0.05) is 5.54 Å². The van der Waals surface area contributed by atoms with E-state index in [0.717, 1.165) is 0 Å². The van der Waals surface area contributed by atoms with Crippen molar-refractivity contribution in [3.8, 4) is 12.3 Å². The van der Waals surface area contributed by atoms with Gasteiger partial charge in [-0.1, -0.05) is 5.92 Å². The second-order valence-electron chi connectivity index (χ2n) is 4.24. The lowest BCUT2D eigenvalue weighted by molar-refractivity contribution is -0.121. The van der Waals surface area contributed by atoms with Crippen LogP contribution in [-0.4, -0.2) is 30.7 Å². The Morgan fingerprint density at radius 1 is 1.38 bits per heavy atom. The molecule has 16 heavy (non-hydrogen) atoms. The molecule has 0 aromatic rings. The molecule has 0 aromatic carbocycles. The molecular weight excluding hydrogens is 208 g/mol. The summed E-state index contributed by atoms with van der Waals surface area (Å²) < 4.78 is 4.81. The first-order valence-corrected chi connectivity index (χ1v) is 5.00. The Bertz CT molecular complexity index is 287. The first kappa shape index (κ1) is 14.3. The number of nitrogens with one attached hydrogen (secondary N) is 2. The van der Waals surface area contributed by atoms with E-state index < -0.39 is 6.09 Å². The number of carbonyl (C=O) groups is 2. The highest BCUT2D eigenvalue weighted by molar-refractivity contribution is 5.76. The highest BCUT2D eigenvalue weighted by Gasteiger charge is 2.14. The molecule has 0 fully saturated rings. The lowest BCUT2D eigenvalue weighted by Gasteiger charge is -2.19. The van der Waals surface area contributed by atoms with Gasteiger partial charge in [0.15, 0.2) is 0 Å². The van der Waals surface area contributed by atoms with Gasteiger partial charge in [-0.25, -0.2) is 4.79 Å². The van der Waals surface area contributed by atoms with Crippen molar-refractivity contribution in [1.82, 2.24) is 10.6 Å².